The van der Waals surface area contributed by atoms with Crippen LogP contribution < -0.4 is 0 Å². The molecule has 0 aromatic carbocycles. The molecular formula is C15H22N2O3S. The fourth-order valence-electron chi connectivity index (χ4n) is 3.12. The number of methoxy groups -OCH3 is 1. The van der Waals surface area contributed by atoms with E-state index in [1.54, 1.807) is 18.4 Å². The Bertz CT molecular complexity index is 465. The molecule has 0 unspecified atom stereocenters. The Morgan fingerprint density at radius 3 is 3.19 bits per heavy atom. The molecule has 116 valence electrons. The minimum Gasteiger partial charge on any atom is -0.383 e. The van der Waals surface area contributed by atoms with Crippen LogP contribution in [0.2, 0.25) is 0 Å². The number of likely N-dealkylation sites (tertiary alicyclic amines) is 1. The third-order valence-corrected chi connectivity index (χ3v) is 5.13. The van der Waals surface area contributed by atoms with Crippen LogP contribution in [0.1, 0.15) is 4.88 Å². The number of carbonyl (C=O) groups excluding carboxylic acids is 1. The van der Waals surface area contributed by atoms with E-state index in [0.29, 0.717) is 12.5 Å². The number of thiophene rings is 1. The maximum absolute atomic E-state index is 12.4. The summed E-state index contributed by atoms with van der Waals surface area (Å²) in [5.41, 5.74) is 0. The van der Waals surface area contributed by atoms with Crippen LogP contribution in [0.5, 0.6) is 0 Å². The summed E-state index contributed by atoms with van der Waals surface area (Å²) in [5, 5.41) is 2.02. The lowest BCUT2D eigenvalue weighted by Gasteiger charge is -2.36. The summed E-state index contributed by atoms with van der Waals surface area (Å²) in [6.45, 7) is 4.81. The number of hydrogen-bond donors (Lipinski definition) is 0. The fraction of sp³-hybridized carbons (Fsp3) is 0.667. The van der Waals surface area contributed by atoms with Gasteiger partial charge >= 0.3 is 0 Å². The Morgan fingerprint density at radius 1 is 1.52 bits per heavy atom. The van der Waals surface area contributed by atoms with E-state index in [1.807, 2.05) is 22.4 Å². The van der Waals surface area contributed by atoms with E-state index >= 15 is 0 Å². The third kappa shape index (κ3) is 3.45. The molecule has 0 saturated carbocycles. The van der Waals surface area contributed by atoms with Gasteiger partial charge in [0.15, 0.2) is 0 Å². The van der Waals surface area contributed by atoms with Crippen molar-refractivity contribution in [3.05, 3.63) is 22.4 Å². The Morgan fingerprint density at radius 2 is 2.43 bits per heavy atom. The molecule has 0 bridgehead atoms. The van der Waals surface area contributed by atoms with E-state index in [2.05, 4.69) is 4.90 Å². The van der Waals surface area contributed by atoms with Crippen molar-refractivity contribution in [1.82, 2.24) is 9.80 Å². The molecule has 0 N–H and O–H groups in total. The van der Waals surface area contributed by atoms with Gasteiger partial charge in [0, 0.05) is 38.2 Å². The lowest BCUT2D eigenvalue weighted by atomic mass is 10.1. The Balaban J connectivity index is 1.58. The van der Waals surface area contributed by atoms with E-state index in [0.717, 1.165) is 44.3 Å². The van der Waals surface area contributed by atoms with E-state index in [-0.39, 0.29) is 12.0 Å². The minimum absolute atomic E-state index is 0.155. The fourth-order valence-corrected chi connectivity index (χ4v) is 3.82. The van der Waals surface area contributed by atoms with Crippen LogP contribution in [-0.2, 0) is 20.7 Å². The van der Waals surface area contributed by atoms with Crippen molar-refractivity contribution >= 4 is 17.2 Å². The Kier molecular flexibility index (Phi) is 4.90. The first-order valence-corrected chi connectivity index (χ1v) is 8.30. The quantitative estimate of drug-likeness (QED) is 0.808. The largest absolute Gasteiger partial charge is 0.383 e. The van der Waals surface area contributed by atoms with Gasteiger partial charge in [-0.15, -0.1) is 11.3 Å². The summed E-state index contributed by atoms with van der Waals surface area (Å²) in [4.78, 5) is 17.9. The second-order valence-corrected chi connectivity index (χ2v) is 6.59. The van der Waals surface area contributed by atoms with Gasteiger partial charge in [0.25, 0.3) is 0 Å². The lowest BCUT2D eigenvalue weighted by Crippen LogP contribution is -2.51. The predicted molar refractivity (Wildman–Crippen MR) is 81.6 cm³/mol. The lowest BCUT2D eigenvalue weighted by molar-refractivity contribution is -0.129. The average molecular weight is 310 g/mol. The smallest absolute Gasteiger partial charge is 0.227 e. The second kappa shape index (κ2) is 6.87. The first kappa shape index (κ1) is 15.0. The maximum Gasteiger partial charge on any atom is 0.227 e. The highest BCUT2D eigenvalue weighted by Gasteiger charge is 2.41. The van der Waals surface area contributed by atoms with Gasteiger partial charge in [-0.3, -0.25) is 9.69 Å². The number of ether oxygens (including phenoxy) is 2. The van der Waals surface area contributed by atoms with Crippen LogP contribution in [0.15, 0.2) is 17.5 Å². The molecule has 3 heterocycles. The van der Waals surface area contributed by atoms with Gasteiger partial charge in [0.2, 0.25) is 5.91 Å². The number of nitrogens with zero attached hydrogens (tertiary/aromatic N) is 2. The molecule has 2 atom stereocenters. The molecule has 2 aliphatic heterocycles. The summed E-state index contributed by atoms with van der Waals surface area (Å²) in [5.74, 6) is 0.210. The molecule has 0 spiro atoms. The van der Waals surface area contributed by atoms with Gasteiger partial charge in [-0.2, -0.15) is 0 Å². The summed E-state index contributed by atoms with van der Waals surface area (Å²) in [6, 6.07) is 4.33. The Labute approximate surface area is 129 Å². The zero-order chi connectivity index (χ0) is 14.7. The van der Waals surface area contributed by atoms with Crippen molar-refractivity contribution in [2.75, 3.05) is 46.5 Å². The van der Waals surface area contributed by atoms with Gasteiger partial charge in [-0.05, 0) is 11.4 Å². The Hall–Kier alpha value is -0.950. The highest BCUT2D eigenvalue weighted by atomic mass is 32.1. The number of morpholine rings is 1. The molecule has 5 nitrogen and oxygen atoms in total. The molecule has 0 radical (unpaired) electrons. The normalized spacial score (nSPS) is 26.0. The zero-order valence-corrected chi connectivity index (χ0v) is 13.2. The van der Waals surface area contributed by atoms with E-state index in [9.17, 15) is 4.79 Å². The highest BCUT2D eigenvalue weighted by Crippen LogP contribution is 2.23. The SMILES string of the molecule is COCCN1CCO[C@@H]2CN(C(=O)Cc3cccs3)C[C@@H]21. The van der Waals surface area contributed by atoms with Crippen LogP contribution in [0, 0.1) is 0 Å². The molecule has 3 rings (SSSR count). The number of carbonyl (C=O) groups is 1. The maximum atomic E-state index is 12.4. The highest BCUT2D eigenvalue weighted by molar-refractivity contribution is 7.10. The van der Waals surface area contributed by atoms with Crippen molar-refractivity contribution < 1.29 is 14.3 Å². The number of rotatable bonds is 5. The topological polar surface area (TPSA) is 42.0 Å². The molecule has 2 saturated heterocycles. The number of fused-ring (bicyclic) bond motifs is 1. The molecule has 1 aromatic heterocycles. The molecule has 2 fully saturated rings. The second-order valence-electron chi connectivity index (χ2n) is 5.56. The van der Waals surface area contributed by atoms with Gasteiger partial charge < -0.3 is 14.4 Å². The average Bonchev–Trinajstić information content (AvgIpc) is 3.13. The predicted octanol–water partition coefficient (Wildman–Crippen LogP) is 0.849. The van der Waals surface area contributed by atoms with Gasteiger partial charge in [0.1, 0.15) is 0 Å². The standard InChI is InChI=1S/C15H22N2O3S/c1-19-6-4-16-5-7-20-14-11-17(10-13(14)16)15(18)9-12-3-2-8-21-12/h2-3,8,13-14H,4-7,9-11H2,1H3/t13-,14+/m0/s1. The third-order valence-electron chi connectivity index (χ3n) is 4.26. The van der Waals surface area contributed by atoms with Crippen LogP contribution >= 0.6 is 11.3 Å². The van der Waals surface area contributed by atoms with Gasteiger partial charge in [0.05, 0.1) is 31.8 Å². The number of hydrogen-bond acceptors (Lipinski definition) is 5. The monoisotopic (exact) mass is 310 g/mol. The number of amides is 1. The summed E-state index contributed by atoms with van der Waals surface area (Å²) >= 11 is 1.64. The molecule has 6 heteroatoms. The van der Waals surface area contributed by atoms with Crippen molar-refractivity contribution in [2.45, 2.75) is 18.6 Å². The summed E-state index contributed by atoms with van der Waals surface area (Å²) < 4.78 is 11.0. The van der Waals surface area contributed by atoms with Crippen LogP contribution in [-0.4, -0.2) is 74.4 Å². The molecule has 1 aromatic rings. The molecule has 0 aliphatic carbocycles. The summed E-state index contributed by atoms with van der Waals surface area (Å²) in [6.07, 6.45) is 0.665. The van der Waals surface area contributed by atoms with Crippen molar-refractivity contribution in [3.63, 3.8) is 0 Å². The van der Waals surface area contributed by atoms with Crippen molar-refractivity contribution in [2.24, 2.45) is 0 Å². The van der Waals surface area contributed by atoms with Crippen molar-refractivity contribution in [3.8, 4) is 0 Å². The molecule has 21 heavy (non-hydrogen) atoms. The van der Waals surface area contributed by atoms with Crippen LogP contribution in [0.25, 0.3) is 0 Å². The molecular weight excluding hydrogens is 288 g/mol. The zero-order valence-electron chi connectivity index (χ0n) is 12.4. The van der Waals surface area contributed by atoms with Crippen LogP contribution in [0.3, 0.4) is 0 Å². The summed E-state index contributed by atoms with van der Waals surface area (Å²) in [7, 11) is 1.73. The minimum atomic E-state index is 0.155. The molecule has 1 amide bonds. The van der Waals surface area contributed by atoms with Crippen LogP contribution in [0.4, 0.5) is 0 Å². The van der Waals surface area contributed by atoms with E-state index in [4.69, 9.17) is 9.47 Å². The first-order chi connectivity index (χ1) is 10.3. The first-order valence-electron chi connectivity index (χ1n) is 7.42. The van der Waals surface area contributed by atoms with Crippen molar-refractivity contribution in [1.29, 1.82) is 0 Å². The van der Waals surface area contributed by atoms with E-state index in [1.165, 1.54) is 0 Å². The van der Waals surface area contributed by atoms with Gasteiger partial charge in [-0.25, -0.2) is 0 Å². The van der Waals surface area contributed by atoms with Gasteiger partial charge in [-0.1, -0.05) is 6.07 Å². The van der Waals surface area contributed by atoms with E-state index < -0.39 is 0 Å². The molecule has 2 aliphatic rings.